The predicted octanol–water partition coefficient (Wildman–Crippen LogP) is 1.93. The van der Waals surface area contributed by atoms with Gasteiger partial charge in [0.05, 0.1) is 12.2 Å². The summed E-state index contributed by atoms with van der Waals surface area (Å²) in [6.45, 7) is 4.36. The van der Waals surface area contributed by atoms with Crippen molar-refractivity contribution < 1.29 is 14.6 Å². The van der Waals surface area contributed by atoms with Gasteiger partial charge in [-0.1, -0.05) is 6.92 Å². The molecular formula is C11H15NO3. The Balaban J connectivity index is 3.22. The minimum absolute atomic E-state index is 0.135. The van der Waals surface area contributed by atoms with E-state index in [4.69, 9.17) is 15.6 Å². The Morgan fingerprint density at radius 2 is 2.13 bits per heavy atom. The van der Waals surface area contributed by atoms with Crippen LogP contribution in [0.1, 0.15) is 29.8 Å². The lowest BCUT2D eigenvalue weighted by atomic mass is 10.1. The Labute approximate surface area is 88.7 Å². The number of carboxylic acids is 1. The quantitative estimate of drug-likeness (QED) is 0.743. The second kappa shape index (κ2) is 4.68. The molecule has 0 aliphatic carbocycles. The Morgan fingerprint density at radius 3 is 2.60 bits per heavy atom. The van der Waals surface area contributed by atoms with E-state index in [1.54, 1.807) is 12.1 Å². The first-order chi connectivity index (χ1) is 7.10. The zero-order chi connectivity index (χ0) is 11.4. The van der Waals surface area contributed by atoms with Crippen LogP contribution in [-0.2, 0) is 6.42 Å². The van der Waals surface area contributed by atoms with Crippen LogP contribution >= 0.6 is 0 Å². The molecule has 0 spiro atoms. The summed E-state index contributed by atoms with van der Waals surface area (Å²) in [5.74, 6) is -0.340. The maximum atomic E-state index is 10.8. The van der Waals surface area contributed by atoms with E-state index in [1.807, 2.05) is 13.8 Å². The standard InChI is InChI=1S/C11H15NO3/c1-3-7-5-8(11(13)14)9(12)6-10(7)15-4-2/h5-6H,3-4,12H2,1-2H3,(H,13,14). The molecule has 0 unspecified atom stereocenters. The number of anilines is 1. The Bertz CT molecular complexity index is 374. The summed E-state index contributed by atoms with van der Waals surface area (Å²) >= 11 is 0. The first-order valence-corrected chi connectivity index (χ1v) is 4.88. The molecular weight excluding hydrogens is 194 g/mol. The number of aromatic carboxylic acids is 1. The summed E-state index contributed by atoms with van der Waals surface area (Å²) < 4.78 is 5.37. The zero-order valence-electron chi connectivity index (χ0n) is 8.91. The number of nitrogens with two attached hydrogens (primary N) is 1. The number of nitrogen functional groups attached to an aromatic ring is 1. The van der Waals surface area contributed by atoms with E-state index in [0.717, 1.165) is 12.0 Å². The molecule has 0 atom stereocenters. The van der Waals surface area contributed by atoms with Gasteiger partial charge in [0.15, 0.2) is 0 Å². The Hall–Kier alpha value is -1.71. The van der Waals surface area contributed by atoms with Crippen LogP contribution in [0.5, 0.6) is 5.75 Å². The molecule has 1 rings (SSSR count). The van der Waals surface area contributed by atoms with Crippen molar-refractivity contribution in [1.29, 1.82) is 0 Å². The third-order valence-corrected chi connectivity index (χ3v) is 2.14. The highest BCUT2D eigenvalue weighted by molar-refractivity contribution is 5.94. The molecule has 1 aromatic rings. The summed E-state index contributed by atoms with van der Waals surface area (Å²) in [4.78, 5) is 10.8. The molecule has 0 saturated heterocycles. The van der Waals surface area contributed by atoms with E-state index in [0.29, 0.717) is 12.4 Å². The van der Waals surface area contributed by atoms with Gasteiger partial charge in [-0.3, -0.25) is 0 Å². The lowest BCUT2D eigenvalue weighted by Gasteiger charge is -2.11. The molecule has 15 heavy (non-hydrogen) atoms. The molecule has 0 aliphatic rings. The Kier molecular flexibility index (Phi) is 3.55. The van der Waals surface area contributed by atoms with Gasteiger partial charge in [-0.25, -0.2) is 4.79 Å². The summed E-state index contributed by atoms with van der Waals surface area (Å²) in [5.41, 5.74) is 6.85. The largest absolute Gasteiger partial charge is 0.494 e. The van der Waals surface area contributed by atoms with E-state index in [2.05, 4.69) is 0 Å². The minimum atomic E-state index is -1.01. The van der Waals surface area contributed by atoms with Crippen LogP contribution < -0.4 is 10.5 Å². The number of aryl methyl sites for hydroxylation is 1. The summed E-state index contributed by atoms with van der Waals surface area (Å²) in [6.07, 6.45) is 0.718. The van der Waals surface area contributed by atoms with Gasteiger partial charge in [0, 0.05) is 11.8 Å². The normalized spacial score (nSPS) is 10.0. The molecule has 0 bridgehead atoms. The third kappa shape index (κ3) is 2.40. The molecule has 0 aliphatic heterocycles. The van der Waals surface area contributed by atoms with Gasteiger partial charge in [0.1, 0.15) is 5.75 Å². The predicted molar refractivity (Wildman–Crippen MR) is 58.4 cm³/mol. The van der Waals surface area contributed by atoms with Gasteiger partial charge < -0.3 is 15.6 Å². The van der Waals surface area contributed by atoms with Gasteiger partial charge in [0.25, 0.3) is 0 Å². The van der Waals surface area contributed by atoms with Crippen LogP contribution in [0.15, 0.2) is 12.1 Å². The topological polar surface area (TPSA) is 72.5 Å². The lowest BCUT2D eigenvalue weighted by molar-refractivity contribution is 0.0698. The van der Waals surface area contributed by atoms with Crippen molar-refractivity contribution in [3.63, 3.8) is 0 Å². The number of rotatable bonds is 4. The van der Waals surface area contributed by atoms with Crippen molar-refractivity contribution in [1.82, 2.24) is 0 Å². The SMILES string of the molecule is CCOc1cc(N)c(C(=O)O)cc1CC. The van der Waals surface area contributed by atoms with Crippen molar-refractivity contribution >= 4 is 11.7 Å². The molecule has 4 heteroatoms. The van der Waals surface area contributed by atoms with E-state index < -0.39 is 5.97 Å². The van der Waals surface area contributed by atoms with Gasteiger partial charge in [-0.05, 0) is 25.0 Å². The van der Waals surface area contributed by atoms with Crippen LogP contribution in [0.3, 0.4) is 0 Å². The fourth-order valence-corrected chi connectivity index (χ4v) is 1.39. The molecule has 4 nitrogen and oxygen atoms in total. The average molecular weight is 209 g/mol. The lowest BCUT2D eigenvalue weighted by Crippen LogP contribution is -2.05. The number of ether oxygens (including phenoxy) is 1. The second-order valence-electron chi connectivity index (χ2n) is 3.14. The summed E-state index contributed by atoms with van der Waals surface area (Å²) in [7, 11) is 0. The van der Waals surface area contributed by atoms with Gasteiger partial charge in [-0.2, -0.15) is 0 Å². The van der Waals surface area contributed by atoms with Crippen LogP contribution in [0.25, 0.3) is 0 Å². The van der Waals surface area contributed by atoms with Crippen molar-refractivity contribution in [3.8, 4) is 5.75 Å². The monoisotopic (exact) mass is 209 g/mol. The molecule has 3 N–H and O–H groups in total. The van der Waals surface area contributed by atoms with Crippen LogP contribution in [0, 0.1) is 0 Å². The average Bonchev–Trinajstić information content (AvgIpc) is 2.18. The Morgan fingerprint density at radius 1 is 1.47 bits per heavy atom. The van der Waals surface area contributed by atoms with E-state index in [-0.39, 0.29) is 11.3 Å². The summed E-state index contributed by atoms with van der Waals surface area (Å²) in [6, 6.07) is 3.15. The van der Waals surface area contributed by atoms with Crippen molar-refractivity contribution in [2.24, 2.45) is 0 Å². The van der Waals surface area contributed by atoms with Gasteiger partial charge >= 0.3 is 5.97 Å². The molecule has 82 valence electrons. The van der Waals surface area contributed by atoms with Crippen molar-refractivity contribution in [2.75, 3.05) is 12.3 Å². The van der Waals surface area contributed by atoms with Gasteiger partial charge in [0.2, 0.25) is 0 Å². The van der Waals surface area contributed by atoms with Crippen molar-refractivity contribution in [2.45, 2.75) is 20.3 Å². The molecule has 0 fully saturated rings. The maximum Gasteiger partial charge on any atom is 0.337 e. The molecule has 0 heterocycles. The highest BCUT2D eigenvalue weighted by Crippen LogP contribution is 2.26. The molecule has 0 aromatic heterocycles. The second-order valence-corrected chi connectivity index (χ2v) is 3.14. The zero-order valence-corrected chi connectivity index (χ0v) is 8.91. The fraction of sp³-hybridized carbons (Fsp3) is 0.364. The number of hydrogen-bond acceptors (Lipinski definition) is 3. The number of carboxylic acid groups (broad SMARTS) is 1. The van der Waals surface area contributed by atoms with E-state index in [1.165, 1.54) is 0 Å². The van der Waals surface area contributed by atoms with Crippen LogP contribution in [-0.4, -0.2) is 17.7 Å². The number of benzene rings is 1. The fourth-order valence-electron chi connectivity index (χ4n) is 1.39. The maximum absolute atomic E-state index is 10.8. The van der Waals surface area contributed by atoms with Crippen LogP contribution in [0.4, 0.5) is 5.69 Å². The van der Waals surface area contributed by atoms with E-state index >= 15 is 0 Å². The number of hydrogen-bond donors (Lipinski definition) is 2. The third-order valence-electron chi connectivity index (χ3n) is 2.14. The number of carbonyl (C=O) groups is 1. The summed E-state index contributed by atoms with van der Waals surface area (Å²) in [5, 5.41) is 8.89. The molecule has 0 saturated carbocycles. The molecule has 0 amide bonds. The highest BCUT2D eigenvalue weighted by atomic mass is 16.5. The van der Waals surface area contributed by atoms with Crippen molar-refractivity contribution in [3.05, 3.63) is 23.3 Å². The molecule has 1 aromatic carbocycles. The molecule has 0 radical (unpaired) electrons. The smallest absolute Gasteiger partial charge is 0.337 e. The minimum Gasteiger partial charge on any atom is -0.494 e. The van der Waals surface area contributed by atoms with E-state index in [9.17, 15) is 4.79 Å². The van der Waals surface area contributed by atoms with Crippen LogP contribution in [0.2, 0.25) is 0 Å². The first-order valence-electron chi connectivity index (χ1n) is 4.88. The first kappa shape index (κ1) is 11.4. The van der Waals surface area contributed by atoms with Gasteiger partial charge in [-0.15, -0.1) is 0 Å². The highest BCUT2D eigenvalue weighted by Gasteiger charge is 2.12.